The van der Waals surface area contributed by atoms with Crippen molar-refractivity contribution >= 4 is 43.4 Å². The molecule has 0 bridgehead atoms. The fraction of sp³-hybridized carbons (Fsp3) is 0.0455. The Kier molecular flexibility index (Phi) is 4.24. The van der Waals surface area contributed by atoms with Crippen molar-refractivity contribution < 1.29 is 9.53 Å². The van der Waals surface area contributed by atoms with Crippen molar-refractivity contribution in [3.63, 3.8) is 0 Å². The van der Waals surface area contributed by atoms with Crippen LogP contribution in [0.2, 0.25) is 0 Å². The van der Waals surface area contributed by atoms with Crippen LogP contribution < -0.4 is 0 Å². The molecule has 4 aromatic carbocycles. The Labute approximate surface area is 154 Å². The van der Waals surface area contributed by atoms with Gasteiger partial charge >= 0.3 is 5.97 Å². The van der Waals surface area contributed by atoms with Gasteiger partial charge in [0.2, 0.25) is 0 Å². The highest BCUT2D eigenvalue weighted by Gasteiger charge is 2.16. The topological polar surface area (TPSA) is 26.3 Å². The maximum Gasteiger partial charge on any atom is 0.339 e. The van der Waals surface area contributed by atoms with E-state index in [0.717, 1.165) is 31.6 Å². The van der Waals surface area contributed by atoms with Crippen molar-refractivity contribution in [2.24, 2.45) is 0 Å². The predicted octanol–water partition coefficient (Wildman–Crippen LogP) is 6.11. The van der Waals surface area contributed by atoms with E-state index in [9.17, 15) is 4.79 Å². The number of hydrogen-bond donors (Lipinski definition) is 0. The summed E-state index contributed by atoms with van der Waals surface area (Å²) in [6.07, 6.45) is 0. The Morgan fingerprint density at radius 1 is 0.800 bits per heavy atom. The van der Waals surface area contributed by atoms with Crippen LogP contribution in [0.1, 0.15) is 15.9 Å². The second-order valence-electron chi connectivity index (χ2n) is 5.90. The summed E-state index contributed by atoms with van der Waals surface area (Å²) in [5, 5.41) is 3.91. The van der Waals surface area contributed by atoms with Crippen LogP contribution in [-0.4, -0.2) is 5.97 Å². The van der Waals surface area contributed by atoms with Gasteiger partial charge in [0.15, 0.2) is 0 Å². The van der Waals surface area contributed by atoms with Gasteiger partial charge in [0.25, 0.3) is 0 Å². The molecule has 0 radical (unpaired) electrons. The lowest BCUT2D eigenvalue weighted by molar-refractivity contribution is 0.0477. The number of carbonyl (C=O) groups excluding carboxylic acids is 1. The summed E-state index contributed by atoms with van der Waals surface area (Å²) in [5.41, 5.74) is 1.59. The van der Waals surface area contributed by atoms with Crippen LogP contribution in [-0.2, 0) is 11.3 Å². The smallest absolute Gasteiger partial charge is 0.339 e. The Balaban J connectivity index is 1.75. The lowest BCUT2D eigenvalue weighted by atomic mass is 9.97. The van der Waals surface area contributed by atoms with E-state index in [1.54, 1.807) is 0 Å². The molecule has 0 saturated heterocycles. The molecule has 4 rings (SSSR count). The minimum Gasteiger partial charge on any atom is -0.457 e. The van der Waals surface area contributed by atoms with Crippen LogP contribution in [0.5, 0.6) is 0 Å². The first-order chi connectivity index (χ1) is 12.2. The van der Waals surface area contributed by atoms with Gasteiger partial charge in [-0.25, -0.2) is 4.79 Å². The first-order valence-electron chi connectivity index (χ1n) is 8.04. The molecule has 122 valence electrons. The molecular formula is C22H15BrO2. The Morgan fingerprint density at radius 3 is 1.96 bits per heavy atom. The molecule has 0 heterocycles. The number of benzene rings is 4. The highest BCUT2D eigenvalue weighted by molar-refractivity contribution is 9.10. The van der Waals surface area contributed by atoms with Crippen molar-refractivity contribution in [3.8, 4) is 0 Å². The second-order valence-corrected chi connectivity index (χ2v) is 6.81. The molecule has 0 aromatic heterocycles. The molecule has 0 spiro atoms. The lowest BCUT2D eigenvalue weighted by Gasteiger charge is -2.11. The second kappa shape index (κ2) is 6.69. The van der Waals surface area contributed by atoms with Crippen LogP contribution in [0, 0.1) is 0 Å². The third-order valence-corrected chi connectivity index (χ3v) is 4.79. The van der Waals surface area contributed by atoms with Crippen LogP contribution >= 0.6 is 15.9 Å². The van der Waals surface area contributed by atoms with Crippen LogP contribution in [0.25, 0.3) is 21.5 Å². The molecule has 0 aliphatic rings. The lowest BCUT2D eigenvalue weighted by Crippen LogP contribution is -2.07. The van der Waals surface area contributed by atoms with Crippen molar-refractivity contribution in [2.75, 3.05) is 0 Å². The van der Waals surface area contributed by atoms with Gasteiger partial charge in [0.05, 0.1) is 5.56 Å². The first-order valence-corrected chi connectivity index (χ1v) is 8.84. The third-order valence-electron chi connectivity index (χ3n) is 4.26. The summed E-state index contributed by atoms with van der Waals surface area (Å²) in [6.45, 7) is 0.254. The molecule has 0 fully saturated rings. The molecule has 0 saturated carbocycles. The van der Waals surface area contributed by atoms with E-state index in [1.807, 2.05) is 72.8 Å². The molecule has 25 heavy (non-hydrogen) atoms. The molecule has 0 unspecified atom stereocenters. The molecule has 0 amide bonds. The zero-order valence-electron chi connectivity index (χ0n) is 13.4. The highest BCUT2D eigenvalue weighted by Crippen LogP contribution is 2.29. The maximum absolute atomic E-state index is 12.9. The summed E-state index contributed by atoms with van der Waals surface area (Å²) in [6, 6.07) is 25.7. The van der Waals surface area contributed by atoms with Gasteiger partial charge in [-0.15, -0.1) is 0 Å². The van der Waals surface area contributed by atoms with Crippen LogP contribution in [0.3, 0.4) is 0 Å². The number of carbonyl (C=O) groups is 1. The van der Waals surface area contributed by atoms with E-state index >= 15 is 0 Å². The molecule has 4 aromatic rings. The molecule has 0 aliphatic carbocycles. The molecule has 3 heteroatoms. The van der Waals surface area contributed by atoms with E-state index in [4.69, 9.17) is 4.74 Å². The van der Waals surface area contributed by atoms with E-state index in [2.05, 4.69) is 22.0 Å². The fourth-order valence-electron chi connectivity index (χ4n) is 3.04. The van der Waals surface area contributed by atoms with Gasteiger partial charge in [-0.1, -0.05) is 76.6 Å². The Morgan fingerprint density at radius 2 is 1.36 bits per heavy atom. The molecular weight excluding hydrogens is 376 g/mol. The summed E-state index contributed by atoms with van der Waals surface area (Å²) >= 11 is 3.41. The number of hydrogen-bond acceptors (Lipinski definition) is 2. The summed E-state index contributed by atoms with van der Waals surface area (Å²) in [7, 11) is 0. The van der Waals surface area contributed by atoms with Crippen LogP contribution in [0.15, 0.2) is 83.3 Å². The van der Waals surface area contributed by atoms with Gasteiger partial charge in [0.1, 0.15) is 6.61 Å². The van der Waals surface area contributed by atoms with Gasteiger partial charge in [-0.2, -0.15) is 0 Å². The molecule has 0 atom stereocenters. The molecule has 2 nitrogen and oxygen atoms in total. The van der Waals surface area contributed by atoms with E-state index in [0.29, 0.717) is 5.56 Å². The minimum atomic E-state index is -0.295. The monoisotopic (exact) mass is 390 g/mol. The fourth-order valence-corrected chi connectivity index (χ4v) is 3.30. The van der Waals surface area contributed by atoms with Gasteiger partial charge in [-0.05, 0) is 45.3 Å². The SMILES string of the molecule is O=C(OCc1ccc(Br)cc1)c1c2ccccc2cc2ccccc12. The standard InChI is InChI=1S/C22H15BrO2/c23-18-11-9-15(10-12-18)14-25-22(24)21-19-7-3-1-5-16(19)13-17-6-2-4-8-20(17)21/h1-13H,14H2. The van der Waals surface area contributed by atoms with Gasteiger partial charge in [-0.3, -0.25) is 0 Å². The zero-order chi connectivity index (χ0) is 17.2. The quantitative estimate of drug-likeness (QED) is 0.311. The molecule has 0 aliphatic heterocycles. The minimum absolute atomic E-state index is 0.254. The van der Waals surface area contributed by atoms with Crippen molar-refractivity contribution in [1.82, 2.24) is 0 Å². The Bertz CT molecular complexity index is 1010. The van der Waals surface area contributed by atoms with Crippen LogP contribution in [0.4, 0.5) is 0 Å². The van der Waals surface area contributed by atoms with Gasteiger partial charge in [0, 0.05) is 4.47 Å². The molecule has 0 N–H and O–H groups in total. The first kappa shape index (κ1) is 15.9. The summed E-state index contributed by atoms with van der Waals surface area (Å²) in [5.74, 6) is -0.295. The average Bonchev–Trinajstić information content (AvgIpc) is 2.65. The van der Waals surface area contributed by atoms with E-state index < -0.39 is 0 Å². The normalized spacial score (nSPS) is 10.9. The predicted molar refractivity (Wildman–Crippen MR) is 105 cm³/mol. The summed E-state index contributed by atoms with van der Waals surface area (Å²) < 4.78 is 6.62. The third kappa shape index (κ3) is 3.15. The number of ether oxygens (including phenoxy) is 1. The highest BCUT2D eigenvalue weighted by atomic mass is 79.9. The van der Waals surface area contributed by atoms with E-state index in [1.165, 1.54) is 0 Å². The number of fused-ring (bicyclic) bond motifs is 2. The van der Waals surface area contributed by atoms with E-state index in [-0.39, 0.29) is 12.6 Å². The van der Waals surface area contributed by atoms with Crippen molar-refractivity contribution in [1.29, 1.82) is 0 Å². The number of esters is 1. The number of halogens is 1. The summed E-state index contributed by atoms with van der Waals surface area (Å²) in [4.78, 5) is 12.9. The maximum atomic E-state index is 12.9. The number of rotatable bonds is 3. The van der Waals surface area contributed by atoms with Gasteiger partial charge < -0.3 is 4.74 Å². The zero-order valence-corrected chi connectivity index (χ0v) is 15.0. The van der Waals surface area contributed by atoms with Crippen molar-refractivity contribution in [3.05, 3.63) is 94.5 Å². The average molecular weight is 391 g/mol. The largest absolute Gasteiger partial charge is 0.457 e. The Hall–Kier alpha value is -2.65. The van der Waals surface area contributed by atoms with Crippen molar-refractivity contribution in [2.45, 2.75) is 6.61 Å².